The molecule has 1 fully saturated rings. The van der Waals surface area contributed by atoms with Crippen LogP contribution in [0.25, 0.3) is 0 Å². The molecule has 0 bridgehead atoms. The minimum atomic E-state index is -0.836. The molecule has 2 rings (SSSR count). The highest BCUT2D eigenvalue weighted by atomic mass is 32.2. The van der Waals surface area contributed by atoms with Crippen LogP contribution in [-0.2, 0) is 4.79 Å². The Labute approximate surface area is 122 Å². The van der Waals surface area contributed by atoms with Crippen molar-refractivity contribution in [2.24, 2.45) is 5.73 Å². The third-order valence-electron chi connectivity index (χ3n) is 3.19. The molecule has 3 N–H and O–H groups in total. The van der Waals surface area contributed by atoms with Crippen molar-refractivity contribution in [2.75, 3.05) is 18.6 Å². The van der Waals surface area contributed by atoms with E-state index in [0.717, 1.165) is 17.1 Å². The number of carbonyl (C=O) groups is 1. The van der Waals surface area contributed by atoms with Crippen LogP contribution in [0.3, 0.4) is 0 Å². The summed E-state index contributed by atoms with van der Waals surface area (Å²) in [7, 11) is 1.60. The fraction of sp³-hybridized carbons (Fsp3) is 0.500. The number of thioether (sulfide) groups is 1. The summed E-state index contributed by atoms with van der Waals surface area (Å²) in [5.41, 5.74) is 6.89. The van der Waals surface area contributed by atoms with Gasteiger partial charge in [0.2, 0.25) is 0 Å². The zero-order valence-electron chi connectivity index (χ0n) is 11.4. The summed E-state index contributed by atoms with van der Waals surface area (Å²) < 4.78 is 11.2. The number of methoxy groups -OCH3 is 1. The molecule has 110 valence electrons. The first-order valence-electron chi connectivity index (χ1n) is 6.50. The van der Waals surface area contributed by atoms with Gasteiger partial charge >= 0.3 is 5.97 Å². The summed E-state index contributed by atoms with van der Waals surface area (Å²) in [6, 6.07) is 5.22. The van der Waals surface area contributed by atoms with Crippen LogP contribution in [0.4, 0.5) is 0 Å². The zero-order valence-corrected chi connectivity index (χ0v) is 12.2. The molecule has 1 aromatic carbocycles. The molecule has 1 aromatic rings. The number of aliphatic carboxylic acids is 1. The predicted octanol–water partition coefficient (Wildman–Crippen LogP) is 2.05. The number of ether oxygens (including phenoxy) is 2. The largest absolute Gasteiger partial charge is 0.493 e. The van der Waals surface area contributed by atoms with Crippen LogP contribution in [0.15, 0.2) is 18.2 Å². The van der Waals surface area contributed by atoms with Gasteiger partial charge in [-0.3, -0.25) is 4.79 Å². The summed E-state index contributed by atoms with van der Waals surface area (Å²) in [6.45, 7) is 0. The van der Waals surface area contributed by atoms with Crippen LogP contribution < -0.4 is 15.2 Å². The fourth-order valence-corrected chi connectivity index (χ4v) is 2.49. The highest BCUT2D eigenvalue weighted by Gasteiger charge is 2.22. The van der Waals surface area contributed by atoms with Crippen molar-refractivity contribution in [2.45, 2.75) is 25.0 Å². The SMILES string of the molecule is COc1ccc(C(N)CCC(=O)O)cc1OC1CSC1. The molecule has 0 aromatic heterocycles. The maximum atomic E-state index is 10.6. The molecular formula is C14H19NO4S. The summed E-state index contributed by atoms with van der Waals surface area (Å²) in [5.74, 6) is 2.49. The fourth-order valence-electron chi connectivity index (χ4n) is 1.92. The zero-order chi connectivity index (χ0) is 14.5. The standard InChI is InChI=1S/C14H19NO4S/c1-18-12-4-2-9(11(15)3-5-14(16)17)6-13(12)19-10-7-20-8-10/h2,4,6,10-11H,3,5,7-8,15H2,1H3,(H,16,17). The topological polar surface area (TPSA) is 81.8 Å². The molecule has 0 radical (unpaired) electrons. The van der Waals surface area contributed by atoms with Crippen molar-refractivity contribution in [3.63, 3.8) is 0 Å². The van der Waals surface area contributed by atoms with Gasteiger partial charge in [0.15, 0.2) is 11.5 Å². The van der Waals surface area contributed by atoms with E-state index >= 15 is 0 Å². The third-order valence-corrected chi connectivity index (χ3v) is 4.40. The third kappa shape index (κ3) is 3.80. The Morgan fingerprint density at radius 1 is 1.50 bits per heavy atom. The van der Waals surface area contributed by atoms with Gasteiger partial charge in [-0.1, -0.05) is 6.07 Å². The van der Waals surface area contributed by atoms with E-state index in [2.05, 4.69) is 0 Å². The Hall–Kier alpha value is -1.40. The minimum Gasteiger partial charge on any atom is -0.493 e. The van der Waals surface area contributed by atoms with E-state index in [0.29, 0.717) is 17.9 Å². The van der Waals surface area contributed by atoms with Crippen LogP contribution >= 0.6 is 11.8 Å². The molecule has 1 aliphatic heterocycles. The first-order valence-corrected chi connectivity index (χ1v) is 7.65. The molecule has 1 aliphatic rings. The number of nitrogens with two attached hydrogens (primary N) is 1. The molecule has 1 saturated heterocycles. The van der Waals surface area contributed by atoms with Crippen LogP contribution in [-0.4, -0.2) is 35.8 Å². The number of benzene rings is 1. The van der Waals surface area contributed by atoms with Gasteiger partial charge < -0.3 is 20.3 Å². The second kappa shape index (κ2) is 6.85. The minimum absolute atomic E-state index is 0.0582. The lowest BCUT2D eigenvalue weighted by molar-refractivity contribution is -0.137. The molecule has 1 heterocycles. The highest BCUT2D eigenvalue weighted by Crippen LogP contribution is 2.34. The Morgan fingerprint density at radius 2 is 2.25 bits per heavy atom. The normalized spacial score (nSPS) is 16.3. The van der Waals surface area contributed by atoms with Gasteiger partial charge in [-0.05, 0) is 24.1 Å². The summed E-state index contributed by atoms with van der Waals surface area (Å²) in [5, 5.41) is 8.70. The molecule has 20 heavy (non-hydrogen) atoms. The van der Waals surface area contributed by atoms with Crippen molar-refractivity contribution >= 4 is 17.7 Å². The lowest BCUT2D eigenvalue weighted by Gasteiger charge is -2.27. The van der Waals surface area contributed by atoms with Crippen LogP contribution in [0.1, 0.15) is 24.4 Å². The molecule has 0 spiro atoms. The van der Waals surface area contributed by atoms with E-state index in [1.807, 2.05) is 30.0 Å². The molecule has 5 nitrogen and oxygen atoms in total. The van der Waals surface area contributed by atoms with E-state index < -0.39 is 5.97 Å². The second-order valence-corrected chi connectivity index (χ2v) is 5.80. The van der Waals surface area contributed by atoms with E-state index in [9.17, 15) is 4.79 Å². The molecule has 0 aliphatic carbocycles. The quantitative estimate of drug-likeness (QED) is 0.801. The van der Waals surface area contributed by atoms with E-state index in [1.165, 1.54) is 0 Å². The van der Waals surface area contributed by atoms with Crippen LogP contribution in [0.5, 0.6) is 11.5 Å². The first-order chi connectivity index (χ1) is 9.60. The summed E-state index contributed by atoms with van der Waals surface area (Å²) >= 11 is 1.84. The Kier molecular flexibility index (Phi) is 5.14. The van der Waals surface area contributed by atoms with Gasteiger partial charge in [0.25, 0.3) is 0 Å². The summed E-state index contributed by atoms with van der Waals surface area (Å²) in [4.78, 5) is 10.6. The number of carboxylic acids is 1. The Bertz CT molecular complexity index is 476. The second-order valence-electron chi connectivity index (χ2n) is 4.73. The molecule has 1 unspecified atom stereocenters. The number of hydrogen-bond donors (Lipinski definition) is 2. The van der Waals surface area contributed by atoms with Gasteiger partial charge in [-0.25, -0.2) is 0 Å². The monoisotopic (exact) mass is 297 g/mol. The molecule has 6 heteroatoms. The lowest BCUT2D eigenvalue weighted by atomic mass is 10.0. The molecule has 1 atom stereocenters. The summed E-state index contributed by atoms with van der Waals surface area (Å²) in [6.07, 6.45) is 0.683. The van der Waals surface area contributed by atoms with Crippen molar-refractivity contribution in [3.05, 3.63) is 23.8 Å². The van der Waals surface area contributed by atoms with Crippen molar-refractivity contribution in [1.82, 2.24) is 0 Å². The highest BCUT2D eigenvalue weighted by molar-refractivity contribution is 8.00. The van der Waals surface area contributed by atoms with Gasteiger partial charge in [0.1, 0.15) is 6.10 Å². The van der Waals surface area contributed by atoms with E-state index in [-0.39, 0.29) is 18.6 Å². The molecule has 0 amide bonds. The van der Waals surface area contributed by atoms with Crippen molar-refractivity contribution < 1.29 is 19.4 Å². The van der Waals surface area contributed by atoms with Gasteiger partial charge in [0.05, 0.1) is 7.11 Å². The Balaban J connectivity index is 2.08. The van der Waals surface area contributed by atoms with Crippen molar-refractivity contribution in [1.29, 1.82) is 0 Å². The first kappa shape index (κ1) is 15.0. The van der Waals surface area contributed by atoms with Gasteiger partial charge in [0, 0.05) is 24.0 Å². The van der Waals surface area contributed by atoms with Crippen molar-refractivity contribution in [3.8, 4) is 11.5 Å². The number of rotatable bonds is 7. The van der Waals surface area contributed by atoms with Crippen LogP contribution in [0, 0.1) is 0 Å². The van der Waals surface area contributed by atoms with Gasteiger partial charge in [-0.15, -0.1) is 0 Å². The Morgan fingerprint density at radius 3 is 2.80 bits per heavy atom. The van der Waals surface area contributed by atoms with E-state index in [1.54, 1.807) is 7.11 Å². The maximum absolute atomic E-state index is 10.6. The number of carboxylic acid groups (broad SMARTS) is 1. The average Bonchev–Trinajstić information content (AvgIpc) is 2.39. The van der Waals surface area contributed by atoms with Crippen LogP contribution in [0.2, 0.25) is 0 Å². The molecule has 0 saturated carbocycles. The maximum Gasteiger partial charge on any atom is 0.303 e. The predicted molar refractivity (Wildman–Crippen MR) is 78.5 cm³/mol. The van der Waals surface area contributed by atoms with Gasteiger partial charge in [-0.2, -0.15) is 11.8 Å². The van der Waals surface area contributed by atoms with E-state index in [4.69, 9.17) is 20.3 Å². The number of hydrogen-bond acceptors (Lipinski definition) is 5. The lowest BCUT2D eigenvalue weighted by Crippen LogP contribution is -2.31. The average molecular weight is 297 g/mol. The smallest absolute Gasteiger partial charge is 0.303 e. The molecular weight excluding hydrogens is 278 g/mol.